The van der Waals surface area contributed by atoms with Crippen molar-refractivity contribution in [2.75, 3.05) is 43.4 Å². The number of amides is 2. The van der Waals surface area contributed by atoms with Gasteiger partial charge in [-0.2, -0.15) is 0 Å². The van der Waals surface area contributed by atoms with E-state index in [1.165, 1.54) is 57.9 Å². The van der Waals surface area contributed by atoms with E-state index < -0.39 is 5.92 Å². The number of unbranched alkanes of at least 4 members (excludes halogenated alkanes) is 1. The Kier molecular flexibility index (Phi) is 8.82. The van der Waals surface area contributed by atoms with E-state index >= 15 is 0 Å². The Morgan fingerprint density at radius 3 is 2.63 bits per heavy atom. The molecular formula is C28H43N5O2. The summed E-state index contributed by atoms with van der Waals surface area (Å²) in [5, 5.41) is 14.2. The van der Waals surface area contributed by atoms with Crippen molar-refractivity contribution >= 4 is 28.9 Å². The molecule has 1 unspecified atom stereocenters. The van der Waals surface area contributed by atoms with Crippen LogP contribution >= 0.6 is 0 Å². The largest absolute Gasteiger partial charge is 0.388 e. The molecular weight excluding hydrogens is 438 g/mol. The first-order valence-corrected chi connectivity index (χ1v) is 13.7. The van der Waals surface area contributed by atoms with Crippen LogP contribution in [0.1, 0.15) is 76.7 Å². The lowest BCUT2D eigenvalue weighted by Crippen LogP contribution is -2.52. The molecule has 3 aliphatic rings. The number of benzene rings is 1. The van der Waals surface area contributed by atoms with Crippen molar-refractivity contribution < 1.29 is 9.59 Å². The molecule has 3 N–H and O–H groups in total. The highest BCUT2D eigenvalue weighted by molar-refractivity contribution is 6.17. The third-order valence-electron chi connectivity index (χ3n) is 8.31. The highest BCUT2D eigenvalue weighted by Gasteiger charge is 2.32. The summed E-state index contributed by atoms with van der Waals surface area (Å²) in [5.74, 6) is -0.201. The standard InChI is InChI=1S/C28H43N5O2/c1-20-19-33(17-16-32(20)15-7-6-10-21-8-4-3-5-9-21)22-11-12-23(25(18-22)30-2)27(29)24-13-14-26(34)31-28(24)35/h11-12,18,20-21,24,29-30H,3-10,13-17,19H2,1-2H3,(H,31,34,35)/t20-,24?/m1/s1. The Bertz CT molecular complexity index is 911. The fraction of sp³-hybridized carbons (Fsp3) is 0.679. The van der Waals surface area contributed by atoms with Gasteiger partial charge in [0.1, 0.15) is 0 Å². The maximum Gasteiger partial charge on any atom is 0.235 e. The van der Waals surface area contributed by atoms with E-state index in [0.717, 1.165) is 42.5 Å². The molecule has 2 saturated heterocycles. The highest BCUT2D eigenvalue weighted by Crippen LogP contribution is 2.30. The molecule has 2 amide bonds. The summed E-state index contributed by atoms with van der Waals surface area (Å²) < 4.78 is 0. The smallest absolute Gasteiger partial charge is 0.235 e. The number of piperidine rings is 1. The van der Waals surface area contributed by atoms with E-state index in [4.69, 9.17) is 5.41 Å². The van der Waals surface area contributed by atoms with Crippen molar-refractivity contribution in [2.45, 2.75) is 77.2 Å². The Hall–Kier alpha value is -2.41. The first-order valence-electron chi connectivity index (χ1n) is 13.7. The van der Waals surface area contributed by atoms with E-state index in [-0.39, 0.29) is 23.9 Å². The average molecular weight is 482 g/mol. The molecule has 7 nitrogen and oxygen atoms in total. The number of nitrogens with zero attached hydrogens (tertiary/aromatic N) is 2. The molecule has 1 aliphatic carbocycles. The van der Waals surface area contributed by atoms with Crippen molar-refractivity contribution in [1.29, 1.82) is 5.41 Å². The number of carbonyl (C=O) groups excluding carboxylic acids is 2. The third-order valence-corrected chi connectivity index (χ3v) is 8.31. The zero-order valence-corrected chi connectivity index (χ0v) is 21.6. The maximum absolute atomic E-state index is 12.3. The quantitative estimate of drug-likeness (QED) is 0.276. The molecule has 4 rings (SSSR count). The van der Waals surface area contributed by atoms with Crippen molar-refractivity contribution in [3.8, 4) is 0 Å². The van der Waals surface area contributed by atoms with E-state index in [9.17, 15) is 9.59 Å². The number of piperazine rings is 1. The van der Waals surface area contributed by atoms with Crippen LogP contribution in [0, 0.1) is 17.2 Å². The molecule has 0 aromatic heterocycles. The number of nitrogens with one attached hydrogen (secondary N) is 3. The molecule has 3 fully saturated rings. The summed E-state index contributed by atoms with van der Waals surface area (Å²) in [4.78, 5) is 28.8. The predicted molar refractivity (Wildman–Crippen MR) is 142 cm³/mol. The van der Waals surface area contributed by atoms with Crippen LogP contribution in [-0.2, 0) is 9.59 Å². The summed E-state index contributed by atoms with van der Waals surface area (Å²) in [7, 11) is 1.86. The molecule has 1 aromatic carbocycles. The molecule has 2 aliphatic heterocycles. The van der Waals surface area contributed by atoms with Crippen molar-refractivity contribution in [1.82, 2.24) is 10.2 Å². The molecule has 35 heavy (non-hydrogen) atoms. The zero-order valence-electron chi connectivity index (χ0n) is 21.6. The summed E-state index contributed by atoms with van der Waals surface area (Å²) in [6.07, 6.45) is 12.0. The molecule has 1 saturated carbocycles. The van der Waals surface area contributed by atoms with E-state index in [1.54, 1.807) is 0 Å². The maximum atomic E-state index is 12.3. The van der Waals surface area contributed by atoms with Crippen LogP contribution in [-0.4, -0.2) is 61.7 Å². The number of anilines is 2. The van der Waals surface area contributed by atoms with Gasteiger partial charge in [-0.15, -0.1) is 0 Å². The molecule has 1 aromatic rings. The second-order valence-corrected chi connectivity index (χ2v) is 10.7. The zero-order chi connectivity index (χ0) is 24.8. The van der Waals surface area contributed by atoms with Gasteiger partial charge >= 0.3 is 0 Å². The molecule has 2 atom stereocenters. The Morgan fingerprint density at radius 1 is 1.11 bits per heavy atom. The fourth-order valence-electron chi connectivity index (χ4n) is 6.11. The van der Waals surface area contributed by atoms with Gasteiger partial charge < -0.3 is 15.6 Å². The molecule has 2 heterocycles. The molecule has 0 bridgehead atoms. The topological polar surface area (TPSA) is 88.5 Å². The van der Waals surface area contributed by atoms with Crippen LogP contribution in [0.2, 0.25) is 0 Å². The number of imide groups is 1. The highest BCUT2D eigenvalue weighted by atomic mass is 16.2. The van der Waals surface area contributed by atoms with E-state index in [2.05, 4.69) is 39.5 Å². The lowest BCUT2D eigenvalue weighted by atomic mass is 9.86. The Balaban J connectivity index is 1.30. The van der Waals surface area contributed by atoms with Crippen molar-refractivity contribution in [2.24, 2.45) is 11.8 Å². The van der Waals surface area contributed by atoms with Crippen LogP contribution < -0.4 is 15.5 Å². The summed E-state index contributed by atoms with van der Waals surface area (Å²) in [6, 6.07) is 6.64. The summed E-state index contributed by atoms with van der Waals surface area (Å²) in [6.45, 7) is 6.61. The van der Waals surface area contributed by atoms with Crippen LogP contribution in [0.3, 0.4) is 0 Å². The second-order valence-electron chi connectivity index (χ2n) is 10.7. The minimum Gasteiger partial charge on any atom is -0.388 e. The van der Waals surface area contributed by atoms with Crippen LogP contribution in [0.5, 0.6) is 0 Å². The molecule has 7 heteroatoms. The average Bonchev–Trinajstić information content (AvgIpc) is 2.87. The van der Waals surface area contributed by atoms with Crippen LogP contribution in [0.25, 0.3) is 0 Å². The van der Waals surface area contributed by atoms with Gasteiger partial charge in [-0.25, -0.2) is 0 Å². The molecule has 0 radical (unpaired) electrons. The first-order chi connectivity index (χ1) is 17.0. The Morgan fingerprint density at radius 2 is 1.91 bits per heavy atom. The number of rotatable bonds is 9. The first kappa shape index (κ1) is 25.7. The van der Waals surface area contributed by atoms with Gasteiger partial charge in [0.05, 0.1) is 11.6 Å². The monoisotopic (exact) mass is 481 g/mol. The van der Waals surface area contributed by atoms with E-state index in [1.807, 2.05) is 13.1 Å². The SMILES string of the molecule is CNc1cc(N2CCN(CCCCC3CCCCC3)[C@H](C)C2)ccc1C(=N)C1CCC(=O)NC1=O. The van der Waals surface area contributed by atoms with Crippen LogP contribution in [0.15, 0.2) is 18.2 Å². The number of hydrogen-bond acceptors (Lipinski definition) is 6. The van der Waals surface area contributed by atoms with Gasteiger partial charge in [0.25, 0.3) is 0 Å². The van der Waals surface area contributed by atoms with Gasteiger partial charge in [-0.3, -0.25) is 19.8 Å². The summed E-state index contributed by atoms with van der Waals surface area (Å²) in [5.41, 5.74) is 3.01. The fourth-order valence-corrected chi connectivity index (χ4v) is 6.11. The van der Waals surface area contributed by atoms with Gasteiger partial charge in [0.15, 0.2) is 0 Å². The van der Waals surface area contributed by atoms with Crippen molar-refractivity contribution in [3.63, 3.8) is 0 Å². The normalized spacial score (nSPS) is 24.3. The predicted octanol–water partition coefficient (Wildman–Crippen LogP) is 4.41. The number of hydrogen-bond donors (Lipinski definition) is 3. The van der Waals surface area contributed by atoms with Gasteiger partial charge in [-0.05, 0) is 50.4 Å². The lowest BCUT2D eigenvalue weighted by molar-refractivity contribution is -0.134. The van der Waals surface area contributed by atoms with E-state index in [0.29, 0.717) is 12.5 Å². The van der Waals surface area contributed by atoms with Gasteiger partial charge in [0, 0.05) is 56.1 Å². The number of carbonyl (C=O) groups is 2. The molecule has 192 valence electrons. The minimum atomic E-state index is -0.577. The third kappa shape index (κ3) is 6.43. The second kappa shape index (κ2) is 12.0. The van der Waals surface area contributed by atoms with Crippen molar-refractivity contribution in [3.05, 3.63) is 23.8 Å². The summed E-state index contributed by atoms with van der Waals surface area (Å²) >= 11 is 0. The Labute approximate surface area is 210 Å². The van der Waals surface area contributed by atoms with Gasteiger partial charge in [-0.1, -0.05) is 44.9 Å². The molecule has 0 spiro atoms. The van der Waals surface area contributed by atoms with Gasteiger partial charge in [0.2, 0.25) is 11.8 Å². The minimum absolute atomic E-state index is 0.249. The lowest BCUT2D eigenvalue weighted by Gasteiger charge is -2.41. The van der Waals surface area contributed by atoms with Crippen LogP contribution in [0.4, 0.5) is 11.4 Å².